The molecule has 2 rings (SSSR count). The number of rotatable bonds is 1. The Labute approximate surface area is 119 Å². The average molecular weight is 304 g/mol. The first-order valence-corrected chi connectivity index (χ1v) is 6.35. The molecule has 1 aromatic heterocycles. The van der Waals surface area contributed by atoms with E-state index in [0.29, 0.717) is 6.20 Å². The van der Waals surface area contributed by atoms with Crippen molar-refractivity contribution in [3.05, 3.63) is 18.1 Å². The highest BCUT2D eigenvalue weighted by Gasteiger charge is 2.36. The van der Waals surface area contributed by atoms with E-state index in [-0.39, 0.29) is 31.0 Å². The summed E-state index contributed by atoms with van der Waals surface area (Å²) in [6.07, 6.45) is -3.66. The van der Waals surface area contributed by atoms with Gasteiger partial charge in [-0.2, -0.15) is 13.2 Å². The van der Waals surface area contributed by atoms with E-state index in [0.717, 1.165) is 0 Å². The van der Waals surface area contributed by atoms with E-state index in [1.807, 2.05) is 0 Å². The molecular weight excluding hydrogens is 289 g/mol. The van der Waals surface area contributed by atoms with Crippen molar-refractivity contribution in [3.8, 4) is 0 Å². The maximum atomic E-state index is 12.7. The monoisotopic (exact) mass is 304 g/mol. The number of aromatic nitrogens is 2. The van der Waals surface area contributed by atoms with Crippen molar-refractivity contribution in [3.63, 3.8) is 0 Å². The van der Waals surface area contributed by atoms with Gasteiger partial charge in [0.1, 0.15) is 5.82 Å². The van der Waals surface area contributed by atoms with Crippen LogP contribution in [-0.4, -0.2) is 51.2 Å². The minimum atomic E-state index is -4.55. The van der Waals surface area contributed by atoms with Crippen molar-refractivity contribution >= 4 is 11.9 Å². The molecule has 0 spiro atoms. The third-order valence-electron chi connectivity index (χ3n) is 3.44. The summed E-state index contributed by atoms with van der Waals surface area (Å²) in [5.41, 5.74) is -1.06. The number of halogens is 3. The molecule has 2 atom stereocenters. The lowest BCUT2D eigenvalue weighted by molar-refractivity contribution is -0.141. The standard InChI is InChI=1S/C12H15F3N4O2/c1-7-6-19(11(20)21)8(2)5-18(7)10-4-16-3-9(17-10)12(13,14)15/h3-4,7-8H,5-6H2,1-2H3,(H,20,21)/t7-,8+/m0/s1. The van der Waals surface area contributed by atoms with Crippen molar-refractivity contribution < 1.29 is 23.1 Å². The van der Waals surface area contributed by atoms with Gasteiger partial charge >= 0.3 is 12.3 Å². The van der Waals surface area contributed by atoms with E-state index >= 15 is 0 Å². The van der Waals surface area contributed by atoms with Crippen LogP contribution >= 0.6 is 0 Å². The number of piperazine rings is 1. The van der Waals surface area contributed by atoms with Crippen LogP contribution in [-0.2, 0) is 6.18 Å². The van der Waals surface area contributed by atoms with E-state index in [1.165, 1.54) is 11.1 Å². The van der Waals surface area contributed by atoms with Gasteiger partial charge in [-0.3, -0.25) is 4.98 Å². The highest BCUT2D eigenvalue weighted by atomic mass is 19.4. The van der Waals surface area contributed by atoms with Gasteiger partial charge in [-0.1, -0.05) is 0 Å². The predicted octanol–water partition coefficient (Wildman–Crippen LogP) is 2.07. The summed E-state index contributed by atoms with van der Waals surface area (Å²) in [5, 5.41) is 9.06. The molecule has 2 heterocycles. The van der Waals surface area contributed by atoms with Gasteiger partial charge in [0, 0.05) is 25.2 Å². The largest absolute Gasteiger partial charge is 0.465 e. The van der Waals surface area contributed by atoms with E-state index in [2.05, 4.69) is 9.97 Å². The lowest BCUT2D eigenvalue weighted by Gasteiger charge is -2.43. The normalized spacial score (nSPS) is 23.3. The molecule has 21 heavy (non-hydrogen) atoms. The maximum absolute atomic E-state index is 12.7. The fraction of sp³-hybridized carbons (Fsp3) is 0.583. The van der Waals surface area contributed by atoms with Crippen LogP contribution in [0.5, 0.6) is 0 Å². The molecule has 1 amide bonds. The fourth-order valence-corrected chi connectivity index (χ4v) is 2.34. The molecule has 116 valence electrons. The number of nitrogens with zero attached hydrogens (tertiary/aromatic N) is 4. The summed E-state index contributed by atoms with van der Waals surface area (Å²) in [6.45, 7) is 3.91. The first-order valence-electron chi connectivity index (χ1n) is 6.35. The Morgan fingerprint density at radius 3 is 2.52 bits per heavy atom. The van der Waals surface area contributed by atoms with Crippen LogP contribution in [0.2, 0.25) is 0 Å². The Hall–Kier alpha value is -2.06. The maximum Gasteiger partial charge on any atom is 0.434 e. The molecule has 0 aliphatic carbocycles. The molecule has 0 aromatic carbocycles. The first kappa shape index (κ1) is 15.3. The number of carboxylic acid groups (broad SMARTS) is 1. The van der Waals surface area contributed by atoms with Gasteiger partial charge < -0.3 is 14.9 Å². The number of hydrogen-bond donors (Lipinski definition) is 1. The van der Waals surface area contributed by atoms with E-state index < -0.39 is 18.0 Å². The van der Waals surface area contributed by atoms with Crippen molar-refractivity contribution in [2.24, 2.45) is 0 Å². The molecule has 1 saturated heterocycles. The van der Waals surface area contributed by atoms with Gasteiger partial charge in [-0.05, 0) is 13.8 Å². The summed E-state index contributed by atoms with van der Waals surface area (Å²) in [5.74, 6) is 0.106. The lowest BCUT2D eigenvalue weighted by atomic mass is 10.1. The highest BCUT2D eigenvalue weighted by Crippen LogP contribution is 2.29. The SMILES string of the molecule is C[C@@H]1CN(c2cncc(C(F)(F)F)n2)[C@@H](C)CN1C(=O)O. The molecule has 1 fully saturated rings. The molecular formula is C12H15F3N4O2. The molecule has 1 aromatic rings. The van der Waals surface area contributed by atoms with Crippen molar-refractivity contribution in [2.75, 3.05) is 18.0 Å². The van der Waals surface area contributed by atoms with Gasteiger partial charge in [-0.25, -0.2) is 9.78 Å². The third-order valence-corrected chi connectivity index (χ3v) is 3.44. The molecule has 0 unspecified atom stereocenters. The minimum absolute atomic E-state index is 0.106. The molecule has 9 heteroatoms. The first-order chi connectivity index (χ1) is 9.70. The molecule has 1 aliphatic rings. The van der Waals surface area contributed by atoms with Crippen LogP contribution in [0, 0.1) is 0 Å². The second-order valence-corrected chi connectivity index (χ2v) is 5.05. The quantitative estimate of drug-likeness (QED) is 0.860. The van der Waals surface area contributed by atoms with Gasteiger partial charge in [0.2, 0.25) is 0 Å². The van der Waals surface area contributed by atoms with Gasteiger partial charge in [0.15, 0.2) is 5.69 Å². The van der Waals surface area contributed by atoms with Gasteiger partial charge in [-0.15, -0.1) is 0 Å². The number of anilines is 1. The molecule has 6 nitrogen and oxygen atoms in total. The van der Waals surface area contributed by atoms with Crippen molar-refractivity contribution in [2.45, 2.75) is 32.1 Å². The number of carbonyl (C=O) groups is 1. The topological polar surface area (TPSA) is 69.6 Å². The predicted molar refractivity (Wildman–Crippen MR) is 68.0 cm³/mol. The number of hydrogen-bond acceptors (Lipinski definition) is 4. The van der Waals surface area contributed by atoms with Crippen LogP contribution in [0.4, 0.5) is 23.8 Å². The number of alkyl halides is 3. The fourth-order valence-electron chi connectivity index (χ4n) is 2.34. The summed E-state index contributed by atoms with van der Waals surface area (Å²) in [4.78, 5) is 21.2. The summed E-state index contributed by atoms with van der Waals surface area (Å²) < 4.78 is 38.0. The van der Waals surface area contributed by atoms with Crippen LogP contribution in [0.1, 0.15) is 19.5 Å². The smallest absolute Gasteiger partial charge is 0.434 e. The number of amides is 1. The zero-order chi connectivity index (χ0) is 15.8. The summed E-state index contributed by atoms with van der Waals surface area (Å²) >= 11 is 0. The highest BCUT2D eigenvalue weighted by molar-refractivity contribution is 5.66. The third kappa shape index (κ3) is 3.17. The molecule has 0 saturated carbocycles. The van der Waals surface area contributed by atoms with E-state index in [4.69, 9.17) is 5.11 Å². The zero-order valence-electron chi connectivity index (χ0n) is 11.5. The lowest BCUT2D eigenvalue weighted by Crippen LogP contribution is -2.58. The summed E-state index contributed by atoms with van der Waals surface area (Å²) in [7, 11) is 0. The Balaban J connectivity index is 2.25. The molecule has 0 bridgehead atoms. The molecule has 1 aliphatic heterocycles. The van der Waals surface area contributed by atoms with E-state index in [1.54, 1.807) is 18.7 Å². The van der Waals surface area contributed by atoms with Crippen molar-refractivity contribution in [1.29, 1.82) is 0 Å². The minimum Gasteiger partial charge on any atom is -0.465 e. The van der Waals surface area contributed by atoms with Crippen molar-refractivity contribution in [1.82, 2.24) is 14.9 Å². The molecule has 1 N–H and O–H groups in total. The second-order valence-electron chi connectivity index (χ2n) is 5.05. The van der Waals surface area contributed by atoms with Crippen LogP contribution < -0.4 is 4.90 Å². The Kier molecular flexibility index (Phi) is 3.93. The van der Waals surface area contributed by atoms with Gasteiger partial charge in [0.25, 0.3) is 0 Å². The Morgan fingerprint density at radius 1 is 1.29 bits per heavy atom. The zero-order valence-corrected chi connectivity index (χ0v) is 11.5. The average Bonchev–Trinajstić information content (AvgIpc) is 2.40. The van der Waals surface area contributed by atoms with Crippen LogP contribution in [0.25, 0.3) is 0 Å². The second kappa shape index (κ2) is 5.38. The Bertz CT molecular complexity index is 537. The Morgan fingerprint density at radius 2 is 1.95 bits per heavy atom. The van der Waals surface area contributed by atoms with Gasteiger partial charge in [0.05, 0.1) is 12.4 Å². The van der Waals surface area contributed by atoms with E-state index in [9.17, 15) is 18.0 Å². The van der Waals surface area contributed by atoms with Crippen LogP contribution in [0.15, 0.2) is 12.4 Å². The molecule has 0 radical (unpaired) electrons. The van der Waals surface area contributed by atoms with Crippen LogP contribution in [0.3, 0.4) is 0 Å². The summed E-state index contributed by atoms with van der Waals surface area (Å²) in [6, 6.07) is -0.620.